The lowest BCUT2D eigenvalue weighted by atomic mass is 10.2. The van der Waals surface area contributed by atoms with E-state index in [2.05, 4.69) is 0 Å². The monoisotopic (exact) mass is 207 g/mol. The van der Waals surface area contributed by atoms with Gasteiger partial charge in [-0.05, 0) is 0 Å². The Bertz CT molecular complexity index is 285. The third-order valence-electron chi connectivity index (χ3n) is 2.12. The van der Waals surface area contributed by atoms with Crippen LogP contribution in [0.1, 0.15) is 12.8 Å². The maximum absolute atomic E-state index is 11.0. The lowest BCUT2D eigenvalue weighted by Gasteiger charge is -2.06. The zero-order valence-corrected chi connectivity index (χ0v) is 8.05. The molecule has 2 N–H and O–H groups in total. The Morgan fingerprint density at radius 3 is 2.69 bits per heavy atom. The van der Waals surface area contributed by atoms with E-state index >= 15 is 0 Å². The van der Waals surface area contributed by atoms with Crippen molar-refractivity contribution in [1.29, 1.82) is 0 Å². The molecular weight excluding hydrogens is 194 g/mol. The molecule has 1 aliphatic rings. The highest BCUT2D eigenvalue weighted by Gasteiger charge is 2.29. The highest BCUT2D eigenvalue weighted by atomic mass is 32.2. The summed E-state index contributed by atoms with van der Waals surface area (Å²) in [6, 6.07) is 0.0457. The standard InChI is InChI=1S/C7H13NO4S/c9-7(10)1-3-8-6-2-4-13(11,12)5-6/h6,8H,1-5H2,(H,9,10)/t6-/m1/s1. The summed E-state index contributed by atoms with van der Waals surface area (Å²) in [4.78, 5) is 10.1. The Morgan fingerprint density at radius 1 is 1.54 bits per heavy atom. The average molecular weight is 207 g/mol. The molecular formula is C7H13NO4S. The first kappa shape index (κ1) is 10.5. The van der Waals surface area contributed by atoms with Crippen LogP contribution in [0.5, 0.6) is 0 Å². The average Bonchev–Trinajstić information content (AvgIpc) is 2.29. The second kappa shape index (κ2) is 4.06. The van der Waals surface area contributed by atoms with Gasteiger partial charge in [0.15, 0.2) is 9.84 Å². The van der Waals surface area contributed by atoms with E-state index in [4.69, 9.17) is 0 Å². The summed E-state index contributed by atoms with van der Waals surface area (Å²) in [7, 11) is -2.84. The molecule has 0 saturated carbocycles. The quantitative estimate of drug-likeness (QED) is 0.528. The van der Waals surface area contributed by atoms with Gasteiger partial charge < -0.3 is 15.2 Å². The van der Waals surface area contributed by atoms with Crippen molar-refractivity contribution in [3.8, 4) is 0 Å². The van der Waals surface area contributed by atoms with E-state index in [0.29, 0.717) is 13.0 Å². The van der Waals surface area contributed by atoms with E-state index in [1.54, 1.807) is 5.32 Å². The van der Waals surface area contributed by atoms with Crippen molar-refractivity contribution in [2.45, 2.75) is 18.9 Å². The van der Waals surface area contributed by atoms with Gasteiger partial charge in [-0.1, -0.05) is 0 Å². The maximum atomic E-state index is 11.0. The van der Waals surface area contributed by atoms with Gasteiger partial charge >= 0.3 is 0 Å². The van der Waals surface area contributed by atoms with Gasteiger partial charge in [0.2, 0.25) is 0 Å². The maximum Gasteiger partial charge on any atom is 0.156 e. The summed E-state index contributed by atoms with van der Waals surface area (Å²) in [5.74, 6) is -0.670. The lowest BCUT2D eigenvalue weighted by molar-refractivity contribution is -0.683. The third kappa shape index (κ3) is 3.73. The van der Waals surface area contributed by atoms with Crippen LogP contribution in [0.25, 0.3) is 0 Å². The Hall–Kier alpha value is -0.620. The zero-order valence-electron chi connectivity index (χ0n) is 7.23. The van der Waals surface area contributed by atoms with E-state index in [0.717, 1.165) is 0 Å². The molecule has 0 unspecified atom stereocenters. The fourth-order valence-electron chi connectivity index (χ4n) is 1.45. The first-order valence-corrected chi connectivity index (χ1v) is 6.05. The van der Waals surface area contributed by atoms with Gasteiger partial charge in [0.1, 0.15) is 11.8 Å². The van der Waals surface area contributed by atoms with E-state index in [1.165, 1.54) is 0 Å². The molecule has 1 fully saturated rings. The molecule has 0 bridgehead atoms. The molecule has 6 heteroatoms. The first-order chi connectivity index (χ1) is 5.99. The number of carbonyl (C=O) groups excluding carboxylic acids is 1. The first-order valence-electron chi connectivity index (χ1n) is 4.23. The summed E-state index contributed by atoms with van der Waals surface area (Å²) < 4.78 is 22.0. The number of carboxylic acids is 1. The minimum Gasteiger partial charge on any atom is -0.550 e. The summed E-state index contributed by atoms with van der Waals surface area (Å²) in [5, 5.41) is 11.8. The van der Waals surface area contributed by atoms with Crippen molar-refractivity contribution < 1.29 is 23.6 Å². The van der Waals surface area contributed by atoms with Crippen LogP contribution in [0.3, 0.4) is 0 Å². The van der Waals surface area contributed by atoms with Crippen molar-refractivity contribution in [3.63, 3.8) is 0 Å². The van der Waals surface area contributed by atoms with E-state index in [1.807, 2.05) is 0 Å². The van der Waals surface area contributed by atoms with Crippen molar-refractivity contribution >= 4 is 15.8 Å². The summed E-state index contributed by atoms with van der Waals surface area (Å²) >= 11 is 0. The van der Waals surface area contributed by atoms with Crippen LogP contribution in [-0.2, 0) is 14.6 Å². The summed E-state index contributed by atoms with van der Waals surface area (Å²) in [6.07, 6.45) is 0.617. The third-order valence-corrected chi connectivity index (χ3v) is 3.91. The zero-order chi connectivity index (χ0) is 9.90. The predicted molar refractivity (Wildman–Crippen MR) is 43.5 cm³/mol. The second-order valence-electron chi connectivity index (χ2n) is 3.31. The molecule has 13 heavy (non-hydrogen) atoms. The molecule has 0 aromatic rings. The van der Waals surface area contributed by atoms with Crippen LogP contribution in [0, 0.1) is 0 Å². The number of sulfone groups is 1. The molecule has 0 aromatic heterocycles. The van der Waals surface area contributed by atoms with Gasteiger partial charge in [0.05, 0.1) is 12.3 Å². The number of hydrogen-bond acceptors (Lipinski definition) is 4. The van der Waals surface area contributed by atoms with E-state index in [-0.39, 0.29) is 24.0 Å². The Morgan fingerprint density at radius 2 is 2.23 bits per heavy atom. The predicted octanol–water partition coefficient (Wildman–Crippen LogP) is -3.12. The topological polar surface area (TPSA) is 90.9 Å². The van der Waals surface area contributed by atoms with Gasteiger partial charge in [-0.15, -0.1) is 0 Å². The van der Waals surface area contributed by atoms with Crippen molar-refractivity contribution in [2.75, 3.05) is 18.1 Å². The molecule has 1 rings (SSSR count). The van der Waals surface area contributed by atoms with Gasteiger partial charge in [-0.25, -0.2) is 8.42 Å². The molecule has 1 saturated heterocycles. The van der Waals surface area contributed by atoms with Gasteiger partial charge in [-0.2, -0.15) is 0 Å². The number of nitrogens with two attached hydrogens (primary N) is 1. The number of rotatable bonds is 4. The molecule has 1 heterocycles. The fourth-order valence-corrected chi connectivity index (χ4v) is 3.23. The molecule has 0 amide bonds. The van der Waals surface area contributed by atoms with Crippen molar-refractivity contribution in [3.05, 3.63) is 0 Å². The molecule has 76 valence electrons. The van der Waals surface area contributed by atoms with Crippen LogP contribution in [-0.4, -0.2) is 38.5 Å². The van der Waals surface area contributed by atoms with Crippen LogP contribution in [0.15, 0.2) is 0 Å². The molecule has 1 aliphatic heterocycles. The van der Waals surface area contributed by atoms with E-state index in [9.17, 15) is 18.3 Å². The Kier molecular flexibility index (Phi) is 3.27. The minimum atomic E-state index is -2.84. The summed E-state index contributed by atoms with van der Waals surface area (Å²) in [6.45, 7) is 0.405. The highest BCUT2D eigenvalue weighted by Crippen LogP contribution is 2.07. The van der Waals surface area contributed by atoms with Gasteiger partial charge in [-0.3, -0.25) is 0 Å². The highest BCUT2D eigenvalue weighted by molar-refractivity contribution is 7.91. The molecule has 0 spiro atoms. The summed E-state index contributed by atoms with van der Waals surface area (Å²) in [5.41, 5.74) is 0. The number of aliphatic carboxylic acids is 1. The van der Waals surface area contributed by atoms with Crippen LogP contribution in [0.2, 0.25) is 0 Å². The SMILES string of the molecule is O=C([O-])CC[NH2+][C@@H]1CCS(=O)(=O)C1. The molecule has 0 aliphatic carbocycles. The normalized spacial score (nSPS) is 26.0. The number of carbonyl (C=O) groups is 1. The fraction of sp³-hybridized carbons (Fsp3) is 0.857. The van der Waals surface area contributed by atoms with Gasteiger partial charge in [0, 0.05) is 18.8 Å². The molecule has 0 aromatic carbocycles. The Balaban J connectivity index is 2.22. The molecule has 0 radical (unpaired) electrons. The van der Waals surface area contributed by atoms with Crippen LogP contribution < -0.4 is 10.4 Å². The Labute approximate surface area is 77.1 Å². The number of hydrogen-bond donors (Lipinski definition) is 1. The van der Waals surface area contributed by atoms with Crippen molar-refractivity contribution in [2.24, 2.45) is 0 Å². The number of quaternary nitrogens is 1. The smallest absolute Gasteiger partial charge is 0.156 e. The largest absolute Gasteiger partial charge is 0.550 e. The lowest BCUT2D eigenvalue weighted by Crippen LogP contribution is -2.90. The molecule has 1 atom stereocenters. The van der Waals surface area contributed by atoms with Crippen LogP contribution in [0.4, 0.5) is 0 Å². The van der Waals surface area contributed by atoms with E-state index < -0.39 is 15.8 Å². The molecule has 5 nitrogen and oxygen atoms in total. The minimum absolute atomic E-state index is 0.0173. The van der Waals surface area contributed by atoms with Crippen LogP contribution >= 0.6 is 0 Å². The van der Waals surface area contributed by atoms with Gasteiger partial charge in [0.25, 0.3) is 0 Å². The number of carboxylic acid groups (broad SMARTS) is 1. The second-order valence-corrected chi connectivity index (χ2v) is 5.54. The van der Waals surface area contributed by atoms with Crippen molar-refractivity contribution in [1.82, 2.24) is 0 Å².